The van der Waals surface area contributed by atoms with Crippen molar-refractivity contribution in [3.63, 3.8) is 0 Å². The number of hydrogen-bond donors (Lipinski definition) is 3. The molecule has 6 aliphatic rings. The molecule has 0 aromatic rings. The molecule has 152 valence electrons. The van der Waals surface area contributed by atoms with Gasteiger partial charge in [0.2, 0.25) is 0 Å². The lowest BCUT2D eigenvalue weighted by Crippen LogP contribution is -2.67. The Morgan fingerprint density at radius 1 is 1.04 bits per heavy atom. The van der Waals surface area contributed by atoms with Crippen molar-refractivity contribution < 1.29 is 34.3 Å². The second kappa shape index (κ2) is 4.56. The van der Waals surface area contributed by atoms with Gasteiger partial charge in [0, 0.05) is 11.3 Å². The Kier molecular flexibility index (Phi) is 2.97. The first-order chi connectivity index (χ1) is 12.6. The topological polar surface area (TPSA) is 97.6 Å². The van der Waals surface area contributed by atoms with Gasteiger partial charge in [-0.25, -0.2) is 0 Å². The number of ether oxygens (including phenoxy) is 4. The number of fused-ring (bicyclic) bond motifs is 1. The number of rotatable bonds is 0. The van der Waals surface area contributed by atoms with Crippen LogP contribution in [0.3, 0.4) is 0 Å². The average molecular weight is 382 g/mol. The first-order valence-electron chi connectivity index (χ1n) is 10.2. The van der Waals surface area contributed by atoms with E-state index in [0.29, 0.717) is 19.4 Å². The maximum atomic E-state index is 12.0. The summed E-state index contributed by atoms with van der Waals surface area (Å²) in [5, 5.41) is 34.4. The van der Waals surface area contributed by atoms with E-state index >= 15 is 0 Å². The van der Waals surface area contributed by atoms with Crippen LogP contribution in [0.25, 0.3) is 0 Å². The molecule has 6 rings (SSSR count). The molecule has 0 amide bonds. The summed E-state index contributed by atoms with van der Waals surface area (Å²) in [4.78, 5) is 0. The second-order valence-corrected chi connectivity index (χ2v) is 10.8. The van der Waals surface area contributed by atoms with E-state index in [2.05, 4.69) is 20.8 Å². The van der Waals surface area contributed by atoms with Gasteiger partial charge >= 0.3 is 0 Å². The third-order valence-corrected chi connectivity index (χ3v) is 9.23. The van der Waals surface area contributed by atoms with Gasteiger partial charge < -0.3 is 34.3 Å². The summed E-state index contributed by atoms with van der Waals surface area (Å²) in [6.45, 7) is 9.08. The minimum Gasteiger partial charge on any atom is -0.390 e. The van der Waals surface area contributed by atoms with Crippen LogP contribution in [0.5, 0.6) is 0 Å². The molecular weight excluding hydrogens is 352 g/mol. The van der Waals surface area contributed by atoms with Gasteiger partial charge in [-0.2, -0.15) is 0 Å². The van der Waals surface area contributed by atoms with Crippen molar-refractivity contribution in [3.05, 3.63) is 0 Å². The summed E-state index contributed by atoms with van der Waals surface area (Å²) in [5.74, 6) is -0.134. The van der Waals surface area contributed by atoms with Gasteiger partial charge in [0.25, 0.3) is 0 Å². The highest BCUT2D eigenvalue weighted by Crippen LogP contribution is 2.85. The van der Waals surface area contributed by atoms with Gasteiger partial charge in [-0.05, 0) is 24.2 Å². The summed E-state index contributed by atoms with van der Waals surface area (Å²) in [6, 6.07) is 0. The number of aliphatic hydroxyl groups is 3. The maximum Gasteiger partial charge on any atom is 0.188 e. The van der Waals surface area contributed by atoms with Crippen molar-refractivity contribution in [2.45, 2.75) is 82.6 Å². The average Bonchev–Trinajstić information content (AvgIpc) is 3.30. The monoisotopic (exact) mass is 382 g/mol. The third kappa shape index (κ3) is 1.37. The smallest absolute Gasteiger partial charge is 0.188 e. The van der Waals surface area contributed by atoms with Crippen LogP contribution in [0.4, 0.5) is 0 Å². The van der Waals surface area contributed by atoms with Crippen molar-refractivity contribution in [2.24, 2.45) is 28.1 Å². The second-order valence-electron chi connectivity index (χ2n) is 10.8. The van der Waals surface area contributed by atoms with Crippen LogP contribution in [0.1, 0.15) is 40.5 Å². The van der Waals surface area contributed by atoms with E-state index in [1.807, 2.05) is 6.92 Å². The third-order valence-electron chi connectivity index (χ3n) is 9.23. The Morgan fingerprint density at radius 2 is 1.78 bits per heavy atom. The number of hydrogen-bond acceptors (Lipinski definition) is 7. The molecule has 27 heavy (non-hydrogen) atoms. The quantitative estimate of drug-likeness (QED) is 0.558. The van der Waals surface area contributed by atoms with E-state index < -0.39 is 46.8 Å². The summed E-state index contributed by atoms with van der Waals surface area (Å²) in [7, 11) is 0. The lowest BCUT2D eigenvalue weighted by molar-refractivity contribution is -0.296. The molecule has 11 atom stereocenters. The highest BCUT2D eigenvalue weighted by atomic mass is 16.7. The summed E-state index contributed by atoms with van der Waals surface area (Å²) in [5.41, 5.74) is -4.28. The Labute approximate surface area is 158 Å². The lowest BCUT2D eigenvalue weighted by atomic mass is 9.51. The molecule has 0 aromatic heterocycles. The summed E-state index contributed by atoms with van der Waals surface area (Å²) in [6.07, 6.45) is -2.16. The maximum absolute atomic E-state index is 12.0. The lowest BCUT2D eigenvalue weighted by Gasteiger charge is -2.49. The molecule has 7 unspecified atom stereocenters. The molecule has 2 saturated carbocycles. The highest BCUT2D eigenvalue weighted by molar-refractivity contribution is 5.41. The van der Waals surface area contributed by atoms with Crippen molar-refractivity contribution >= 4 is 0 Å². The van der Waals surface area contributed by atoms with E-state index in [4.69, 9.17) is 18.9 Å². The molecule has 7 nitrogen and oxygen atoms in total. The highest BCUT2D eigenvalue weighted by Gasteiger charge is 2.97. The molecular formula is C20H30O7. The minimum atomic E-state index is -1.37. The van der Waals surface area contributed by atoms with E-state index in [0.717, 1.165) is 0 Å². The Bertz CT molecular complexity index is 707. The molecule has 0 bridgehead atoms. The zero-order chi connectivity index (χ0) is 19.2. The zero-order valence-corrected chi connectivity index (χ0v) is 16.3. The van der Waals surface area contributed by atoms with Crippen LogP contribution in [0, 0.1) is 28.1 Å². The molecule has 4 saturated heterocycles. The standard InChI is InChI=1S/C20H30O7/c1-9-7-24-13-6-17-12-5-10(16(2,3)4)18(17)11(21)8-25-15(18)27-20(17,14(22)26-12)19(9,13)23/h9-15,21-23H,5-8H2,1-4H3/t9-,10?,11+,12?,13?,14?,15?,17?,18?,19-,20-/m1/s1. The molecule has 2 spiro atoms. The Morgan fingerprint density at radius 3 is 2.48 bits per heavy atom. The van der Waals surface area contributed by atoms with Gasteiger partial charge in [0.1, 0.15) is 5.60 Å². The van der Waals surface area contributed by atoms with Crippen LogP contribution < -0.4 is 0 Å². The van der Waals surface area contributed by atoms with E-state index in [-0.39, 0.29) is 30.0 Å². The predicted molar refractivity (Wildman–Crippen MR) is 91.3 cm³/mol. The fourth-order valence-corrected chi connectivity index (χ4v) is 8.51. The van der Waals surface area contributed by atoms with Crippen LogP contribution >= 0.6 is 0 Å². The zero-order valence-electron chi connectivity index (χ0n) is 16.3. The molecule has 7 heteroatoms. The fraction of sp³-hybridized carbons (Fsp3) is 1.00. The van der Waals surface area contributed by atoms with E-state index in [1.165, 1.54) is 0 Å². The summed E-state index contributed by atoms with van der Waals surface area (Å²) < 4.78 is 24.7. The van der Waals surface area contributed by atoms with Gasteiger partial charge in [0.05, 0.1) is 36.9 Å². The normalized spacial score (nSPS) is 66.1. The fourth-order valence-electron chi connectivity index (χ4n) is 8.51. The Hall–Kier alpha value is -0.280. The number of aliphatic hydroxyl groups excluding tert-OH is 2. The van der Waals surface area contributed by atoms with Crippen LogP contribution in [0.2, 0.25) is 0 Å². The molecule has 4 aliphatic heterocycles. The van der Waals surface area contributed by atoms with E-state index in [1.54, 1.807) is 0 Å². The largest absolute Gasteiger partial charge is 0.390 e. The molecule has 3 N–H and O–H groups in total. The Balaban J connectivity index is 1.66. The summed E-state index contributed by atoms with van der Waals surface area (Å²) >= 11 is 0. The predicted octanol–water partition coefficient (Wildman–Crippen LogP) is 0.398. The first-order valence-corrected chi connectivity index (χ1v) is 10.2. The molecule has 6 fully saturated rings. The van der Waals surface area contributed by atoms with Gasteiger partial charge in [0.15, 0.2) is 18.2 Å². The first kappa shape index (κ1) is 17.6. The molecule has 2 aliphatic carbocycles. The molecule has 0 aromatic carbocycles. The van der Waals surface area contributed by atoms with Gasteiger partial charge in [-0.15, -0.1) is 0 Å². The molecule has 4 heterocycles. The molecule has 0 radical (unpaired) electrons. The van der Waals surface area contributed by atoms with Crippen molar-refractivity contribution in [3.8, 4) is 0 Å². The van der Waals surface area contributed by atoms with Crippen LogP contribution in [-0.4, -0.2) is 70.6 Å². The van der Waals surface area contributed by atoms with E-state index in [9.17, 15) is 15.3 Å². The van der Waals surface area contributed by atoms with Crippen molar-refractivity contribution in [1.82, 2.24) is 0 Å². The van der Waals surface area contributed by atoms with Crippen LogP contribution in [0.15, 0.2) is 0 Å². The van der Waals surface area contributed by atoms with Crippen molar-refractivity contribution in [1.29, 1.82) is 0 Å². The van der Waals surface area contributed by atoms with Crippen LogP contribution in [-0.2, 0) is 18.9 Å². The van der Waals surface area contributed by atoms with Gasteiger partial charge in [-0.3, -0.25) is 0 Å². The minimum absolute atomic E-state index is 0.0737. The van der Waals surface area contributed by atoms with Gasteiger partial charge in [-0.1, -0.05) is 27.7 Å². The van der Waals surface area contributed by atoms with Crippen molar-refractivity contribution in [2.75, 3.05) is 13.2 Å². The SMILES string of the molecule is C[C@@H]1COC2CC34C5CC(C(C)(C)C)C36C(OC[C@@H]6O)O[C@@]4(C(O)O5)[C@]21O.